The Labute approximate surface area is 179 Å². The third-order valence-electron chi connectivity index (χ3n) is 4.65. The molecule has 3 rings (SSSR count). The van der Waals surface area contributed by atoms with Gasteiger partial charge >= 0.3 is 0 Å². The smallest absolute Gasteiger partial charge is 0.271 e. The van der Waals surface area contributed by atoms with E-state index in [0.717, 1.165) is 11.1 Å². The second-order valence-electron chi connectivity index (χ2n) is 7.20. The Hall–Kier alpha value is -3.94. The van der Waals surface area contributed by atoms with Crippen LogP contribution < -0.4 is 20.9 Å². The van der Waals surface area contributed by atoms with Crippen LogP contribution in [0.1, 0.15) is 25.0 Å². The number of aryl methyl sites for hydroxylation is 2. The van der Waals surface area contributed by atoms with Crippen LogP contribution >= 0.6 is 0 Å². The highest BCUT2D eigenvalue weighted by atomic mass is 16.5. The number of nitrogens with one attached hydrogen (secondary N) is 2. The minimum atomic E-state index is -0.853. The fourth-order valence-corrected chi connectivity index (χ4v) is 2.82. The molecule has 0 fully saturated rings. The first-order valence-corrected chi connectivity index (χ1v) is 9.76. The summed E-state index contributed by atoms with van der Waals surface area (Å²) in [5, 5.41) is 9.64. The minimum Gasteiger partial charge on any atom is -0.463 e. The second kappa shape index (κ2) is 9.25. The van der Waals surface area contributed by atoms with Gasteiger partial charge in [-0.2, -0.15) is 4.68 Å². The van der Waals surface area contributed by atoms with E-state index in [0.29, 0.717) is 17.1 Å². The Morgan fingerprint density at radius 3 is 2.19 bits per heavy atom. The van der Waals surface area contributed by atoms with Crippen LogP contribution in [0, 0.1) is 13.8 Å². The summed E-state index contributed by atoms with van der Waals surface area (Å²) in [6.45, 7) is 6.96. The Balaban J connectivity index is 1.70. The Morgan fingerprint density at radius 2 is 1.58 bits per heavy atom. The number of anilines is 2. The van der Waals surface area contributed by atoms with Crippen molar-refractivity contribution in [3.05, 3.63) is 76.1 Å². The Bertz CT molecular complexity index is 1170. The average molecular weight is 420 g/mol. The predicted molar refractivity (Wildman–Crippen MR) is 119 cm³/mol. The van der Waals surface area contributed by atoms with Gasteiger partial charge in [-0.05, 0) is 68.3 Å². The van der Waals surface area contributed by atoms with Gasteiger partial charge in [-0.25, -0.2) is 0 Å². The van der Waals surface area contributed by atoms with E-state index in [-0.39, 0.29) is 23.3 Å². The molecular weight excluding hydrogens is 396 g/mol. The molecule has 1 atom stereocenters. The van der Waals surface area contributed by atoms with Gasteiger partial charge in [0, 0.05) is 30.4 Å². The highest BCUT2D eigenvalue weighted by Gasteiger charge is 2.16. The van der Waals surface area contributed by atoms with E-state index < -0.39 is 6.10 Å². The summed E-state index contributed by atoms with van der Waals surface area (Å²) in [4.78, 5) is 35.8. The number of nitrogens with zero attached hydrogens (tertiary/aromatic N) is 2. The lowest BCUT2D eigenvalue weighted by atomic mass is 10.1. The van der Waals surface area contributed by atoms with Crippen molar-refractivity contribution in [1.82, 2.24) is 9.78 Å². The van der Waals surface area contributed by atoms with Crippen LogP contribution in [0.15, 0.2) is 59.4 Å². The van der Waals surface area contributed by atoms with Gasteiger partial charge in [-0.1, -0.05) is 6.07 Å². The number of benzene rings is 2. The molecule has 0 unspecified atom stereocenters. The van der Waals surface area contributed by atoms with E-state index >= 15 is 0 Å². The molecule has 0 aliphatic heterocycles. The summed E-state index contributed by atoms with van der Waals surface area (Å²) < 4.78 is 6.90. The van der Waals surface area contributed by atoms with Gasteiger partial charge in [0.1, 0.15) is 0 Å². The van der Waals surface area contributed by atoms with Crippen molar-refractivity contribution in [3.8, 4) is 11.6 Å². The molecule has 0 aliphatic carbocycles. The maximum Gasteiger partial charge on any atom is 0.271 e. The summed E-state index contributed by atoms with van der Waals surface area (Å²) >= 11 is 0. The molecule has 8 heteroatoms. The Kier molecular flexibility index (Phi) is 6.49. The zero-order valence-electron chi connectivity index (χ0n) is 17.8. The minimum absolute atomic E-state index is 0.154. The Morgan fingerprint density at radius 1 is 0.935 bits per heavy atom. The molecule has 31 heavy (non-hydrogen) atoms. The van der Waals surface area contributed by atoms with Crippen molar-refractivity contribution in [2.45, 2.75) is 33.8 Å². The number of hydrogen-bond acceptors (Lipinski definition) is 5. The van der Waals surface area contributed by atoms with Gasteiger partial charge in [0.15, 0.2) is 6.10 Å². The lowest BCUT2D eigenvalue weighted by Gasteiger charge is -2.15. The van der Waals surface area contributed by atoms with Crippen molar-refractivity contribution >= 4 is 23.2 Å². The zero-order chi connectivity index (χ0) is 22.5. The van der Waals surface area contributed by atoms with Crippen LogP contribution in [0.4, 0.5) is 11.4 Å². The van der Waals surface area contributed by atoms with E-state index in [1.165, 1.54) is 23.7 Å². The fraction of sp³-hybridized carbons (Fsp3) is 0.217. The molecule has 2 amide bonds. The maximum atomic E-state index is 12.5. The SMILES string of the molecule is CC(=O)Nc1ccc(NC(=O)[C@@H](C)Oc2ccc(=O)n(-c3ccc(C)c(C)c3)n2)cc1. The molecule has 2 N–H and O–H groups in total. The highest BCUT2D eigenvalue weighted by Crippen LogP contribution is 2.16. The number of rotatable bonds is 6. The van der Waals surface area contributed by atoms with Crippen molar-refractivity contribution in [2.75, 3.05) is 10.6 Å². The van der Waals surface area contributed by atoms with Crippen molar-refractivity contribution in [3.63, 3.8) is 0 Å². The fourth-order valence-electron chi connectivity index (χ4n) is 2.82. The second-order valence-corrected chi connectivity index (χ2v) is 7.20. The van der Waals surface area contributed by atoms with E-state index in [2.05, 4.69) is 15.7 Å². The lowest BCUT2D eigenvalue weighted by molar-refractivity contribution is -0.122. The summed E-state index contributed by atoms with van der Waals surface area (Å²) in [6.07, 6.45) is -0.853. The van der Waals surface area contributed by atoms with Gasteiger partial charge in [0.2, 0.25) is 11.8 Å². The van der Waals surface area contributed by atoms with Gasteiger partial charge in [-0.3, -0.25) is 14.4 Å². The zero-order valence-corrected chi connectivity index (χ0v) is 17.8. The molecule has 0 aliphatic rings. The maximum absolute atomic E-state index is 12.5. The van der Waals surface area contributed by atoms with Crippen molar-refractivity contribution < 1.29 is 14.3 Å². The standard InChI is InChI=1S/C23H24N4O4/c1-14-5-10-20(13-15(14)2)27-22(29)12-11-21(26-27)31-16(3)23(30)25-19-8-6-18(7-9-19)24-17(4)28/h5-13,16H,1-4H3,(H,24,28)(H,25,30)/t16-/m1/s1. The van der Waals surface area contributed by atoms with Crippen LogP contribution in [0.5, 0.6) is 5.88 Å². The van der Waals surface area contributed by atoms with E-state index in [1.54, 1.807) is 37.3 Å². The molecule has 0 spiro atoms. The monoisotopic (exact) mass is 420 g/mol. The number of amides is 2. The largest absolute Gasteiger partial charge is 0.463 e. The van der Waals surface area contributed by atoms with Crippen molar-refractivity contribution in [1.29, 1.82) is 0 Å². The van der Waals surface area contributed by atoms with E-state index in [9.17, 15) is 14.4 Å². The molecule has 1 heterocycles. The van der Waals surface area contributed by atoms with Crippen LogP contribution in [0.3, 0.4) is 0 Å². The van der Waals surface area contributed by atoms with Crippen LogP contribution in [-0.4, -0.2) is 27.7 Å². The molecule has 3 aromatic rings. The first-order valence-electron chi connectivity index (χ1n) is 9.76. The first kappa shape index (κ1) is 21.8. The molecule has 0 saturated heterocycles. The topological polar surface area (TPSA) is 102 Å². The molecule has 1 aromatic heterocycles. The highest BCUT2D eigenvalue weighted by molar-refractivity contribution is 5.94. The molecule has 0 bridgehead atoms. The van der Waals surface area contributed by atoms with Crippen LogP contribution in [0.25, 0.3) is 5.69 Å². The summed E-state index contributed by atoms with van der Waals surface area (Å²) in [5.74, 6) is -0.395. The molecular formula is C23H24N4O4. The van der Waals surface area contributed by atoms with E-state index in [4.69, 9.17) is 4.74 Å². The van der Waals surface area contributed by atoms with E-state index in [1.807, 2.05) is 26.0 Å². The molecule has 2 aromatic carbocycles. The molecule has 8 nitrogen and oxygen atoms in total. The molecule has 0 radical (unpaired) electrons. The normalized spacial score (nSPS) is 11.5. The van der Waals surface area contributed by atoms with Gasteiger partial charge in [0.25, 0.3) is 11.5 Å². The molecule has 160 valence electrons. The number of carbonyl (C=O) groups is 2. The van der Waals surface area contributed by atoms with Gasteiger partial charge in [0.05, 0.1) is 5.69 Å². The molecule has 0 saturated carbocycles. The number of hydrogen-bond donors (Lipinski definition) is 2. The van der Waals surface area contributed by atoms with Gasteiger partial charge in [-0.15, -0.1) is 5.10 Å². The van der Waals surface area contributed by atoms with Crippen LogP contribution in [-0.2, 0) is 9.59 Å². The van der Waals surface area contributed by atoms with Crippen molar-refractivity contribution in [2.24, 2.45) is 0 Å². The van der Waals surface area contributed by atoms with Gasteiger partial charge < -0.3 is 15.4 Å². The first-order chi connectivity index (χ1) is 14.7. The lowest BCUT2D eigenvalue weighted by Crippen LogP contribution is -2.31. The third kappa shape index (κ3) is 5.57. The summed E-state index contributed by atoms with van der Waals surface area (Å²) in [7, 11) is 0. The average Bonchev–Trinajstić information content (AvgIpc) is 2.72. The van der Waals surface area contributed by atoms with Crippen LogP contribution in [0.2, 0.25) is 0 Å². The number of aromatic nitrogens is 2. The number of ether oxygens (including phenoxy) is 1. The third-order valence-corrected chi connectivity index (χ3v) is 4.65. The quantitative estimate of drug-likeness (QED) is 0.638. The summed E-state index contributed by atoms with van der Waals surface area (Å²) in [5.41, 5.74) is 3.66. The summed E-state index contributed by atoms with van der Waals surface area (Å²) in [6, 6.07) is 15.1. The number of carbonyl (C=O) groups excluding carboxylic acids is 2. The predicted octanol–water partition coefficient (Wildman–Crippen LogP) is 3.21.